The zero-order valence-electron chi connectivity index (χ0n) is 11.0. The van der Waals surface area contributed by atoms with Crippen LogP contribution in [0.3, 0.4) is 0 Å². The first-order valence-corrected chi connectivity index (χ1v) is 6.62. The Labute approximate surface area is 126 Å². The molecule has 0 amide bonds. The van der Waals surface area contributed by atoms with Gasteiger partial charge in [-0.1, -0.05) is 23.2 Å². The Bertz CT molecular complexity index is 504. The molecule has 6 nitrogen and oxygen atoms in total. The lowest BCUT2D eigenvalue weighted by molar-refractivity contribution is -0.157. The number of carbonyl (C=O) groups excluding carboxylic acids is 2. The Kier molecular flexibility index (Phi) is 6.04. The van der Waals surface area contributed by atoms with E-state index in [1.165, 1.54) is 6.07 Å². The van der Waals surface area contributed by atoms with Gasteiger partial charge in [-0.2, -0.15) is 0 Å². The van der Waals surface area contributed by atoms with Crippen molar-refractivity contribution in [1.82, 2.24) is 4.98 Å². The molecule has 1 rings (SSSR count). The first-order valence-electron chi connectivity index (χ1n) is 5.87. The third kappa shape index (κ3) is 3.74. The maximum absolute atomic E-state index is 11.9. The van der Waals surface area contributed by atoms with Crippen LogP contribution in [0.1, 0.15) is 25.5 Å². The zero-order valence-corrected chi connectivity index (χ0v) is 12.5. The molecule has 1 heterocycles. The van der Waals surface area contributed by atoms with Gasteiger partial charge in [0.2, 0.25) is 0 Å². The molecule has 110 valence electrons. The molecule has 0 fully saturated rings. The number of pyridine rings is 1. The quantitative estimate of drug-likeness (QED) is 0.508. The second-order valence-electron chi connectivity index (χ2n) is 3.67. The summed E-state index contributed by atoms with van der Waals surface area (Å²) in [4.78, 5) is 27.7. The van der Waals surface area contributed by atoms with Crippen LogP contribution in [0.5, 0.6) is 0 Å². The van der Waals surface area contributed by atoms with E-state index in [0.29, 0.717) is 0 Å². The molecule has 0 aliphatic carbocycles. The van der Waals surface area contributed by atoms with E-state index < -0.39 is 17.9 Å². The fourth-order valence-corrected chi connectivity index (χ4v) is 1.88. The average molecular weight is 321 g/mol. The molecule has 0 atom stereocenters. The summed E-state index contributed by atoms with van der Waals surface area (Å²) in [5.74, 6) is -3.00. The third-order valence-electron chi connectivity index (χ3n) is 2.30. The molecular formula is C12H14Cl2N2O4. The minimum absolute atomic E-state index is 0.0391. The Morgan fingerprint density at radius 3 is 2.20 bits per heavy atom. The highest BCUT2D eigenvalue weighted by atomic mass is 35.5. The van der Waals surface area contributed by atoms with Crippen LogP contribution >= 0.6 is 23.2 Å². The number of nitrogens with zero attached hydrogens (tertiary/aromatic N) is 1. The largest absolute Gasteiger partial charge is 0.465 e. The summed E-state index contributed by atoms with van der Waals surface area (Å²) in [7, 11) is 0. The lowest BCUT2D eigenvalue weighted by Crippen LogP contribution is -2.27. The van der Waals surface area contributed by atoms with E-state index in [1.54, 1.807) is 13.8 Å². The predicted molar refractivity (Wildman–Crippen MR) is 74.7 cm³/mol. The van der Waals surface area contributed by atoms with Crippen molar-refractivity contribution >= 4 is 40.8 Å². The lowest BCUT2D eigenvalue weighted by Gasteiger charge is -2.15. The molecule has 8 heteroatoms. The van der Waals surface area contributed by atoms with E-state index >= 15 is 0 Å². The van der Waals surface area contributed by atoms with Crippen molar-refractivity contribution in [2.45, 2.75) is 19.8 Å². The van der Waals surface area contributed by atoms with Gasteiger partial charge in [-0.15, -0.1) is 0 Å². The van der Waals surface area contributed by atoms with Crippen molar-refractivity contribution in [3.05, 3.63) is 21.9 Å². The number of hydrogen-bond acceptors (Lipinski definition) is 6. The Morgan fingerprint density at radius 1 is 1.25 bits per heavy atom. The van der Waals surface area contributed by atoms with E-state index in [4.69, 9.17) is 38.4 Å². The summed E-state index contributed by atoms with van der Waals surface area (Å²) >= 11 is 11.8. The monoisotopic (exact) mass is 320 g/mol. The van der Waals surface area contributed by atoms with Gasteiger partial charge in [-0.3, -0.25) is 9.59 Å². The van der Waals surface area contributed by atoms with Crippen LogP contribution in [0.15, 0.2) is 6.07 Å². The number of ether oxygens (including phenoxy) is 2. The molecule has 0 aliphatic heterocycles. The van der Waals surface area contributed by atoms with Crippen LogP contribution in [0.4, 0.5) is 5.69 Å². The van der Waals surface area contributed by atoms with Gasteiger partial charge in [0.15, 0.2) is 11.1 Å². The summed E-state index contributed by atoms with van der Waals surface area (Å²) in [6.07, 6.45) is 0. The van der Waals surface area contributed by atoms with Crippen molar-refractivity contribution < 1.29 is 19.1 Å². The number of esters is 2. The van der Waals surface area contributed by atoms with Gasteiger partial charge < -0.3 is 15.2 Å². The highest BCUT2D eigenvalue weighted by molar-refractivity contribution is 6.34. The zero-order chi connectivity index (χ0) is 15.3. The predicted octanol–water partition coefficient (Wildman–Crippen LogP) is 2.18. The molecule has 2 N–H and O–H groups in total. The number of halogens is 2. The fraction of sp³-hybridized carbons (Fsp3) is 0.417. The number of nitrogen functional groups attached to an aromatic ring is 1. The van der Waals surface area contributed by atoms with Gasteiger partial charge in [0.25, 0.3) is 0 Å². The molecule has 0 saturated carbocycles. The Morgan fingerprint density at radius 2 is 1.75 bits per heavy atom. The summed E-state index contributed by atoms with van der Waals surface area (Å²) < 4.78 is 9.68. The minimum atomic E-state index is -1.39. The van der Waals surface area contributed by atoms with Crippen LogP contribution in [0.25, 0.3) is 0 Å². The number of carbonyl (C=O) groups is 2. The molecule has 0 radical (unpaired) electrons. The first-order chi connectivity index (χ1) is 9.42. The molecule has 1 aromatic heterocycles. The minimum Gasteiger partial charge on any atom is -0.465 e. The number of hydrogen-bond donors (Lipinski definition) is 1. The molecule has 0 spiro atoms. The number of nitrogens with two attached hydrogens (primary N) is 1. The maximum atomic E-state index is 11.9. The topological polar surface area (TPSA) is 91.5 Å². The molecular weight excluding hydrogens is 307 g/mol. The second-order valence-corrected chi connectivity index (χ2v) is 4.44. The fourth-order valence-electron chi connectivity index (χ4n) is 1.47. The van der Waals surface area contributed by atoms with Crippen LogP contribution in [0.2, 0.25) is 10.2 Å². The van der Waals surface area contributed by atoms with E-state index in [2.05, 4.69) is 4.98 Å². The number of aromatic nitrogens is 1. The molecule has 0 unspecified atom stereocenters. The van der Waals surface area contributed by atoms with Gasteiger partial charge in [0.05, 0.1) is 29.6 Å². The molecule has 0 aliphatic rings. The SMILES string of the molecule is CCOC(=O)C(C(=O)OCC)c1nc(Cl)c(N)cc1Cl. The summed E-state index contributed by atoms with van der Waals surface area (Å²) in [5, 5.41) is -0.0130. The smallest absolute Gasteiger partial charge is 0.326 e. The molecule has 0 bridgehead atoms. The van der Waals surface area contributed by atoms with E-state index in [-0.39, 0.29) is 34.8 Å². The molecule has 0 aromatic carbocycles. The van der Waals surface area contributed by atoms with Gasteiger partial charge in [-0.05, 0) is 19.9 Å². The van der Waals surface area contributed by atoms with Gasteiger partial charge in [0, 0.05) is 0 Å². The second kappa shape index (κ2) is 7.31. The van der Waals surface area contributed by atoms with Crippen LogP contribution in [0, 0.1) is 0 Å². The molecule has 1 aromatic rings. The maximum Gasteiger partial charge on any atom is 0.326 e. The molecule has 0 saturated heterocycles. The van der Waals surface area contributed by atoms with Crippen LogP contribution in [-0.2, 0) is 19.1 Å². The van der Waals surface area contributed by atoms with Gasteiger partial charge in [0.1, 0.15) is 0 Å². The van der Waals surface area contributed by atoms with Crippen LogP contribution < -0.4 is 5.73 Å². The van der Waals surface area contributed by atoms with Crippen molar-refractivity contribution in [3.8, 4) is 0 Å². The van der Waals surface area contributed by atoms with Gasteiger partial charge >= 0.3 is 11.9 Å². The van der Waals surface area contributed by atoms with Crippen molar-refractivity contribution in [1.29, 1.82) is 0 Å². The number of anilines is 1. The van der Waals surface area contributed by atoms with Crippen LogP contribution in [-0.4, -0.2) is 30.1 Å². The standard InChI is InChI=1S/C12H14Cl2N2O4/c1-3-19-11(17)8(12(18)20-4-2)9-6(13)5-7(15)10(14)16-9/h5,8H,3-4,15H2,1-2H3. The Balaban J connectivity index is 3.26. The highest BCUT2D eigenvalue weighted by Crippen LogP contribution is 2.30. The highest BCUT2D eigenvalue weighted by Gasteiger charge is 2.35. The normalized spacial score (nSPS) is 10.4. The number of rotatable bonds is 5. The lowest BCUT2D eigenvalue weighted by atomic mass is 10.1. The Hall–Kier alpha value is -1.53. The van der Waals surface area contributed by atoms with E-state index in [9.17, 15) is 9.59 Å². The molecule has 20 heavy (non-hydrogen) atoms. The third-order valence-corrected chi connectivity index (χ3v) is 2.91. The van der Waals surface area contributed by atoms with Crippen molar-refractivity contribution in [2.75, 3.05) is 18.9 Å². The first kappa shape index (κ1) is 16.5. The van der Waals surface area contributed by atoms with Gasteiger partial charge in [-0.25, -0.2) is 4.98 Å². The van der Waals surface area contributed by atoms with E-state index in [0.717, 1.165) is 0 Å². The summed E-state index contributed by atoms with van der Waals surface area (Å²) in [5.41, 5.74) is 5.65. The van der Waals surface area contributed by atoms with Crippen molar-refractivity contribution in [2.24, 2.45) is 0 Å². The van der Waals surface area contributed by atoms with E-state index in [1.807, 2.05) is 0 Å². The summed E-state index contributed by atoms with van der Waals surface area (Å²) in [6, 6.07) is 1.32. The summed E-state index contributed by atoms with van der Waals surface area (Å²) in [6.45, 7) is 3.44. The average Bonchev–Trinajstić information content (AvgIpc) is 2.36. The van der Waals surface area contributed by atoms with Crippen molar-refractivity contribution in [3.63, 3.8) is 0 Å².